The zero-order chi connectivity index (χ0) is 19.4. The Bertz CT molecular complexity index is 1050. The van der Waals surface area contributed by atoms with Gasteiger partial charge in [0.25, 0.3) is 0 Å². The van der Waals surface area contributed by atoms with Crippen molar-refractivity contribution in [3.05, 3.63) is 60.7 Å². The minimum absolute atomic E-state index is 0.370. The lowest BCUT2D eigenvalue weighted by Crippen LogP contribution is -2.05. The third-order valence-corrected chi connectivity index (χ3v) is 5.20. The second-order valence-electron chi connectivity index (χ2n) is 6.10. The minimum Gasteiger partial charge on any atom is -0.495 e. The van der Waals surface area contributed by atoms with Gasteiger partial charge in [0, 0.05) is 28.1 Å². The number of rotatable bonds is 6. The Balaban J connectivity index is 2.12. The van der Waals surface area contributed by atoms with Gasteiger partial charge in [-0.2, -0.15) is 5.26 Å². The van der Waals surface area contributed by atoms with Crippen molar-refractivity contribution in [3.8, 4) is 22.9 Å². The molecule has 4 nitrogen and oxygen atoms in total. The monoisotopic (exact) mass is 375 g/mol. The highest BCUT2D eigenvalue weighted by molar-refractivity contribution is 7.98. The Labute approximate surface area is 163 Å². The fourth-order valence-electron chi connectivity index (χ4n) is 2.96. The van der Waals surface area contributed by atoms with Crippen LogP contribution in [0.5, 0.6) is 5.75 Å². The van der Waals surface area contributed by atoms with E-state index in [2.05, 4.69) is 42.2 Å². The number of hydrogen-bond donors (Lipinski definition) is 2. The molecule has 0 saturated heterocycles. The molecule has 0 fully saturated rings. The summed E-state index contributed by atoms with van der Waals surface area (Å²) in [4.78, 5) is 1.06. The van der Waals surface area contributed by atoms with E-state index in [1.54, 1.807) is 18.9 Å². The number of anilines is 2. The molecule has 0 aromatic heterocycles. The average molecular weight is 375 g/mol. The van der Waals surface area contributed by atoms with Gasteiger partial charge in [-0.25, -0.2) is 0 Å². The summed E-state index contributed by atoms with van der Waals surface area (Å²) in [6.45, 7) is 4.11. The molecule has 3 N–H and O–H groups in total. The van der Waals surface area contributed by atoms with Crippen molar-refractivity contribution >= 4 is 33.9 Å². The van der Waals surface area contributed by atoms with Crippen LogP contribution >= 0.6 is 11.8 Å². The van der Waals surface area contributed by atoms with Crippen LogP contribution in [-0.2, 0) is 0 Å². The number of nitrogen functional groups attached to an aromatic ring is 1. The molecule has 5 heteroatoms. The van der Waals surface area contributed by atoms with Crippen LogP contribution in [0.3, 0.4) is 0 Å². The number of nitrogens with one attached hydrogen (secondary N) is 1. The zero-order valence-corrected chi connectivity index (χ0v) is 16.2. The highest BCUT2D eigenvalue weighted by atomic mass is 32.2. The van der Waals surface area contributed by atoms with Crippen molar-refractivity contribution in [1.82, 2.24) is 0 Å². The minimum atomic E-state index is 0.370. The van der Waals surface area contributed by atoms with Gasteiger partial charge in [0.2, 0.25) is 0 Å². The quantitative estimate of drug-likeness (QED) is 0.347. The molecule has 3 aromatic rings. The largest absolute Gasteiger partial charge is 0.495 e. The van der Waals surface area contributed by atoms with Crippen molar-refractivity contribution < 1.29 is 4.74 Å². The van der Waals surface area contributed by atoms with Gasteiger partial charge >= 0.3 is 0 Å². The van der Waals surface area contributed by atoms with E-state index in [0.717, 1.165) is 43.9 Å². The smallest absolute Gasteiger partial charge is 0.142 e. The molecule has 0 unspecified atom stereocenters. The number of benzene rings is 3. The molecular weight excluding hydrogens is 354 g/mol. The summed E-state index contributed by atoms with van der Waals surface area (Å²) in [5.74, 6) is 0.729. The molecule has 136 valence electrons. The number of hydrogen-bond acceptors (Lipinski definition) is 5. The van der Waals surface area contributed by atoms with Gasteiger partial charge < -0.3 is 15.8 Å². The maximum absolute atomic E-state index is 8.98. The van der Waals surface area contributed by atoms with Crippen LogP contribution < -0.4 is 15.8 Å². The molecule has 0 heterocycles. The summed E-state index contributed by atoms with van der Waals surface area (Å²) in [5, 5.41) is 14.4. The van der Waals surface area contributed by atoms with E-state index in [1.165, 1.54) is 0 Å². The molecule has 0 amide bonds. The topological polar surface area (TPSA) is 71.1 Å². The second kappa shape index (κ2) is 8.07. The zero-order valence-electron chi connectivity index (χ0n) is 15.4. The fourth-order valence-corrected chi connectivity index (χ4v) is 3.51. The van der Waals surface area contributed by atoms with Gasteiger partial charge in [-0.15, -0.1) is 11.8 Å². The first-order chi connectivity index (χ1) is 13.1. The molecule has 0 aliphatic heterocycles. The molecule has 0 radical (unpaired) electrons. The van der Waals surface area contributed by atoms with Gasteiger partial charge in [0.15, 0.2) is 0 Å². The fraction of sp³-hybridized carbons (Fsp3) is 0.136. The molecule has 0 aliphatic rings. The summed E-state index contributed by atoms with van der Waals surface area (Å²) >= 11 is 1.63. The Hall–Kier alpha value is -3.10. The highest BCUT2D eigenvalue weighted by Crippen LogP contribution is 2.37. The van der Waals surface area contributed by atoms with Crippen molar-refractivity contribution in [2.24, 2.45) is 0 Å². The number of methoxy groups -OCH3 is 1. The molecule has 0 saturated carbocycles. The van der Waals surface area contributed by atoms with E-state index >= 15 is 0 Å². The maximum Gasteiger partial charge on any atom is 0.142 e. The summed E-state index contributed by atoms with van der Waals surface area (Å²) in [6.07, 6.45) is 2.02. The molecule has 0 aliphatic carbocycles. The number of ether oxygens (including phenoxy) is 1. The number of nitrogens with two attached hydrogens (primary N) is 1. The molecule has 0 spiro atoms. The average Bonchev–Trinajstić information content (AvgIpc) is 2.71. The third kappa shape index (κ3) is 3.86. The lowest BCUT2D eigenvalue weighted by atomic mass is 9.99. The van der Waals surface area contributed by atoms with E-state index < -0.39 is 0 Å². The number of thioether (sulfide) groups is 1. The first-order valence-corrected chi connectivity index (χ1v) is 9.66. The summed E-state index contributed by atoms with van der Waals surface area (Å²) in [5.41, 5.74) is 10.3. The van der Waals surface area contributed by atoms with E-state index in [4.69, 9.17) is 15.7 Å². The van der Waals surface area contributed by atoms with Crippen LogP contribution in [-0.4, -0.2) is 19.9 Å². The van der Waals surface area contributed by atoms with Gasteiger partial charge in [-0.05, 0) is 47.0 Å². The Kier molecular flexibility index (Phi) is 5.58. The molecular formula is C22H21N3OS. The van der Waals surface area contributed by atoms with Gasteiger partial charge in [-0.1, -0.05) is 30.8 Å². The predicted molar refractivity (Wildman–Crippen MR) is 115 cm³/mol. The summed E-state index contributed by atoms with van der Waals surface area (Å²) in [7, 11) is 1.64. The maximum atomic E-state index is 8.98. The Morgan fingerprint density at radius 3 is 2.59 bits per heavy atom. The summed E-state index contributed by atoms with van der Waals surface area (Å²) < 4.78 is 5.52. The third-order valence-electron chi connectivity index (χ3n) is 4.41. The van der Waals surface area contributed by atoms with E-state index in [0.29, 0.717) is 12.1 Å². The Morgan fingerprint density at radius 1 is 1.19 bits per heavy atom. The molecule has 3 aromatic carbocycles. The number of nitriles is 1. The first-order valence-electron chi connectivity index (χ1n) is 8.43. The molecule has 0 bridgehead atoms. The van der Waals surface area contributed by atoms with Gasteiger partial charge in [0.1, 0.15) is 5.75 Å². The van der Waals surface area contributed by atoms with Crippen LogP contribution in [0.2, 0.25) is 0 Å². The van der Waals surface area contributed by atoms with Crippen molar-refractivity contribution in [1.29, 1.82) is 5.26 Å². The molecule has 27 heavy (non-hydrogen) atoms. The van der Waals surface area contributed by atoms with Crippen LogP contribution in [0.15, 0.2) is 65.6 Å². The van der Waals surface area contributed by atoms with Crippen molar-refractivity contribution in [3.63, 3.8) is 0 Å². The van der Waals surface area contributed by atoms with E-state index in [1.807, 2.05) is 30.5 Å². The second-order valence-corrected chi connectivity index (χ2v) is 6.95. The lowest BCUT2D eigenvalue weighted by Gasteiger charge is -2.15. The molecule has 3 rings (SSSR count). The molecule has 0 atom stereocenters. The van der Waals surface area contributed by atoms with E-state index in [9.17, 15) is 0 Å². The van der Waals surface area contributed by atoms with Crippen LogP contribution in [0.1, 0.15) is 0 Å². The normalized spacial score (nSPS) is 10.4. The van der Waals surface area contributed by atoms with Crippen LogP contribution in [0, 0.1) is 11.3 Å². The van der Waals surface area contributed by atoms with Crippen molar-refractivity contribution in [2.45, 2.75) is 4.90 Å². The van der Waals surface area contributed by atoms with Crippen LogP contribution in [0.25, 0.3) is 21.9 Å². The summed E-state index contributed by atoms with van der Waals surface area (Å²) in [6, 6.07) is 18.4. The first kappa shape index (κ1) is 18.7. The highest BCUT2D eigenvalue weighted by Gasteiger charge is 2.11. The van der Waals surface area contributed by atoms with E-state index in [-0.39, 0.29) is 0 Å². The Morgan fingerprint density at radius 2 is 1.89 bits per heavy atom. The number of nitrogens with zero attached hydrogens (tertiary/aromatic N) is 1. The van der Waals surface area contributed by atoms with Gasteiger partial charge in [0.05, 0.1) is 18.9 Å². The predicted octanol–water partition coefficient (Wildman–Crippen LogP) is 5.31. The lowest BCUT2D eigenvalue weighted by molar-refractivity contribution is 0.417. The van der Waals surface area contributed by atoms with Crippen molar-refractivity contribution in [2.75, 3.05) is 31.0 Å². The standard InChI is InChI=1S/C22H21N3OS/c1-14(12-23)13-25-22-18-10-16(5-4-15(18)7-9-20(22)26-2)17-6-8-19(24)21(11-17)27-3/h4-11,25H,1,13,24H2,2-3H3. The van der Waals surface area contributed by atoms with Crippen LogP contribution in [0.4, 0.5) is 11.4 Å². The SMILES string of the molecule is C=C(C#N)CNc1c(OC)ccc2ccc(-c3ccc(N)c(SC)c3)cc12. The van der Waals surface area contributed by atoms with Gasteiger partial charge in [-0.3, -0.25) is 0 Å². The number of fused-ring (bicyclic) bond motifs is 1.